The van der Waals surface area contributed by atoms with Gasteiger partial charge in [-0.1, -0.05) is 11.8 Å². The van der Waals surface area contributed by atoms with Gasteiger partial charge in [0, 0.05) is 11.8 Å². The summed E-state index contributed by atoms with van der Waals surface area (Å²) in [6.45, 7) is 6.06. The zero-order valence-electron chi connectivity index (χ0n) is 12.5. The van der Waals surface area contributed by atoms with E-state index in [1.54, 1.807) is 13.8 Å². The van der Waals surface area contributed by atoms with Crippen LogP contribution in [0.25, 0.3) is 11.0 Å². The number of carboxylic acid groups (broad SMARTS) is 1. The molecule has 0 radical (unpaired) electrons. The Morgan fingerprint density at radius 2 is 2.24 bits per heavy atom. The molecule has 0 aliphatic heterocycles. The third-order valence-corrected chi connectivity index (χ3v) is 4.16. The van der Waals surface area contributed by atoms with Crippen LogP contribution >= 0.6 is 11.8 Å². The van der Waals surface area contributed by atoms with Crippen LogP contribution in [-0.4, -0.2) is 33.4 Å². The lowest BCUT2D eigenvalue weighted by Gasteiger charge is -2.17. The maximum atomic E-state index is 11.1. The number of aromatic nitrogens is 2. The van der Waals surface area contributed by atoms with E-state index in [-0.39, 0.29) is 0 Å². The normalized spacial score (nSPS) is 11.8. The minimum Gasteiger partial charge on any atom is -0.494 e. The maximum Gasteiger partial charge on any atom is 0.309 e. The summed E-state index contributed by atoms with van der Waals surface area (Å²) in [4.78, 5) is 18.8. The molecule has 2 rings (SSSR count). The highest BCUT2D eigenvalue weighted by Gasteiger charge is 2.26. The van der Waals surface area contributed by atoms with E-state index in [1.807, 2.05) is 25.1 Å². The van der Waals surface area contributed by atoms with Gasteiger partial charge in [-0.25, -0.2) is 4.98 Å². The van der Waals surface area contributed by atoms with Crippen molar-refractivity contribution in [2.75, 3.05) is 12.4 Å². The van der Waals surface area contributed by atoms with Crippen molar-refractivity contribution in [1.29, 1.82) is 0 Å². The molecule has 21 heavy (non-hydrogen) atoms. The monoisotopic (exact) mass is 308 g/mol. The molecule has 6 heteroatoms. The second-order valence-electron chi connectivity index (χ2n) is 5.44. The van der Waals surface area contributed by atoms with Crippen LogP contribution < -0.4 is 4.74 Å². The summed E-state index contributed by atoms with van der Waals surface area (Å²) in [6, 6.07) is 5.74. The van der Waals surface area contributed by atoms with Crippen LogP contribution in [0.4, 0.5) is 0 Å². The van der Waals surface area contributed by atoms with Gasteiger partial charge in [0.15, 0.2) is 5.16 Å². The van der Waals surface area contributed by atoms with Crippen LogP contribution in [0, 0.1) is 5.41 Å². The van der Waals surface area contributed by atoms with Crippen molar-refractivity contribution < 1.29 is 14.6 Å². The Morgan fingerprint density at radius 3 is 2.90 bits per heavy atom. The molecule has 0 saturated carbocycles. The molecule has 0 aliphatic carbocycles. The number of hydrogen-bond acceptors (Lipinski definition) is 4. The highest BCUT2D eigenvalue weighted by Crippen LogP contribution is 2.27. The molecule has 0 atom stereocenters. The number of nitrogens with one attached hydrogen (secondary N) is 1. The zero-order chi connectivity index (χ0) is 15.5. The number of nitrogens with zero attached hydrogens (tertiary/aromatic N) is 1. The second-order valence-corrected chi connectivity index (χ2v) is 6.53. The van der Waals surface area contributed by atoms with Crippen molar-refractivity contribution in [2.24, 2.45) is 5.41 Å². The molecule has 5 nitrogen and oxygen atoms in total. The fraction of sp³-hybridized carbons (Fsp3) is 0.467. The quantitative estimate of drug-likeness (QED) is 0.765. The van der Waals surface area contributed by atoms with Gasteiger partial charge in [0.05, 0.1) is 23.1 Å². The van der Waals surface area contributed by atoms with E-state index in [4.69, 9.17) is 9.84 Å². The maximum absolute atomic E-state index is 11.1. The van der Waals surface area contributed by atoms with Gasteiger partial charge in [-0.3, -0.25) is 4.79 Å². The van der Waals surface area contributed by atoms with Crippen LogP contribution in [0.2, 0.25) is 0 Å². The van der Waals surface area contributed by atoms with E-state index in [2.05, 4.69) is 9.97 Å². The van der Waals surface area contributed by atoms with Crippen molar-refractivity contribution in [3.63, 3.8) is 0 Å². The Balaban J connectivity index is 2.01. The van der Waals surface area contributed by atoms with Crippen LogP contribution in [-0.2, 0) is 4.79 Å². The molecule has 0 amide bonds. The Morgan fingerprint density at radius 1 is 1.48 bits per heavy atom. The number of rotatable bonds is 7. The number of ether oxygens (including phenoxy) is 1. The molecule has 0 unspecified atom stereocenters. The number of aliphatic carboxylic acids is 1. The van der Waals surface area contributed by atoms with Crippen LogP contribution in [0.5, 0.6) is 5.75 Å². The van der Waals surface area contributed by atoms with E-state index in [0.29, 0.717) is 18.8 Å². The molecular formula is C15H20N2O3S. The topological polar surface area (TPSA) is 75.2 Å². The smallest absolute Gasteiger partial charge is 0.309 e. The number of carboxylic acids is 1. The number of H-pyrrole nitrogens is 1. The summed E-state index contributed by atoms with van der Waals surface area (Å²) >= 11 is 1.54. The molecule has 1 aromatic heterocycles. The minimum atomic E-state index is -0.769. The van der Waals surface area contributed by atoms with Gasteiger partial charge < -0.3 is 14.8 Å². The summed E-state index contributed by atoms with van der Waals surface area (Å²) in [5.74, 6) is 0.753. The third-order valence-electron chi connectivity index (χ3n) is 3.29. The van der Waals surface area contributed by atoms with Gasteiger partial charge in [0.2, 0.25) is 0 Å². The highest BCUT2D eigenvalue weighted by atomic mass is 32.2. The Hall–Kier alpha value is -1.69. The van der Waals surface area contributed by atoms with E-state index in [0.717, 1.165) is 21.9 Å². The summed E-state index contributed by atoms with van der Waals surface area (Å²) in [7, 11) is 0. The van der Waals surface area contributed by atoms with Gasteiger partial charge in [0.1, 0.15) is 5.75 Å². The summed E-state index contributed by atoms with van der Waals surface area (Å²) in [5, 5.41) is 9.89. The largest absolute Gasteiger partial charge is 0.494 e. The SMILES string of the molecule is CCOc1ccc2nc(SCCC(C)(C)C(=O)O)[nH]c2c1. The van der Waals surface area contributed by atoms with Gasteiger partial charge in [0.25, 0.3) is 0 Å². The van der Waals surface area contributed by atoms with Crippen molar-refractivity contribution >= 4 is 28.8 Å². The first-order valence-electron chi connectivity index (χ1n) is 6.91. The van der Waals surface area contributed by atoms with Crippen molar-refractivity contribution in [1.82, 2.24) is 9.97 Å². The first-order chi connectivity index (χ1) is 9.92. The molecule has 114 valence electrons. The fourth-order valence-electron chi connectivity index (χ4n) is 1.80. The third kappa shape index (κ3) is 3.91. The molecule has 0 aliphatic rings. The lowest BCUT2D eigenvalue weighted by Crippen LogP contribution is -2.24. The molecule has 1 aromatic carbocycles. The number of benzene rings is 1. The molecule has 2 aromatic rings. The van der Waals surface area contributed by atoms with Gasteiger partial charge >= 0.3 is 5.97 Å². The summed E-state index contributed by atoms with van der Waals surface area (Å²) in [6.07, 6.45) is 0.592. The van der Waals surface area contributed by atoms with E-state index in [9.17, 15) is 4.79 Å². The van der Waals surface area contributed by atoms with Crippen LogP contribution in [0.3, 0.4) is 0 Å². The Bertz CT molecular complexity index is 637. The van der Waals surface area contributed by atoms with Crippen LogP contribution in [0.15, 0.2) is 23.4 Å². The van der Waals surface area contributed by atoms with Gasteiger partial charge in [-0.2, -0.15) is 0 Å². The Kier molecular flexibility index (Phi) is 4.77. The lowest BCUT2D eigenvalue weighted by molar-refractivity contribution is -0.146. The number of hydrogen-bond donors (Lipinski definition) is 2. The molecule has 0 bridgehead atoms. The van der Waals surface area contributed by atoms with Crippen molar-refractivity contribution in [3.05, 3.63) is 18.2 Å². The molecule has 0 fully saturated rings. The van der Waals surface area contributed by atoms with Crippen LogP contribution in [0.1, 0.15) is 27.2 Å². The predicted octanol–water partition coefficient (Wildman–Crippen LogP) is 3.55. The minimum absolute atomic E-state index is 0.592. The number of imidazole rings is 1. The zero-order valence-corrected chi connectivity index (χ0v) is 13.3. The molecule has 2 N–H and O–H groups in total. The van der Waals surface area contributed by atoms with E-state index >= 15 is 0 Å². The average molecular weight is 308 g/mol. The molecular weight excluding hydrogens is 288 g/mol. The number of fused-ring (bicyclic) bond motifs is 1. The second kappa shape index (κ2) is 6.39. The van der Waals surface area contributed by atoms with E-state index in [1.165, 1.54) is 11.8 Å². The first kappa shape index (κ1) is 15.7. The molecule has 0 saturated heterocycles. The average Bonchev–Trinajstić information content (AvgIpc) is 2.80. The summed E-state index contributed by atoms with van der Waals surface area (Å²) in [5.41, 5.74) is 1.11. The van der Waals surface area contributed by atoms with Crippen molar-refractivity contribution in [2.45, 2.75) is 32.3 Å². The lowest BCUT2D eigenvalue weighted by atomic mass is 9.91. The van der Waals surface area contributed by atoms with Crippen molar-refractivity contribution in [3.8, 4) is 5.75 Å². The Labute approximate surface area is 128 Å². The number of aromatic amines is 1. The predicted molar refractivity (Wildman–Crippen MR) is 84.0 cm³/mol. The number of thioether (sulfide) groups is 1. The molecule has 0 spiro atoms. The fourth-order valence-corrected chi connectivity index (χ4v) is 2.95. The highest BCUT2D eigenvalue weighted by molar-refractivity contribution is 7.99. The van der Waals surface area contributed by atoms with Gasteiger partial charge in [-0.05, 0) is 39.3 Å². The summed E-state index contributed by atoms with van der Waals surface area (Å²) < 4.78 is 5.46. The van der Waals surface area contributed by atoms with Gasteiger partial charge in [-0.15, -0.1) is 0 Å². The number of carbonyl (C=O) groups is 1. The standard InChI is InChI=1S/C15H20N2O3S/c1-4-20-10-5-6-11-12(9-10)17-14(16-11)21-8-7-15(2,3)13(18)19/h5-6,9H,4,7-8H2,1-3H3,(H,16,17)(H,18,19). The molecule has 1 heterocycles. The van der Waals surface area contributed by atoms with E-state index < -0.39 is 11.4 Å². The first-order valence-corrected chi connectivity index (χ1v) is 7.89.